The van der Waals surface area contributed by atoms with Crippen LogP contribution in [0, 0.1) is 39.6 Å². The number of hydrogen-bond donors (Lipinski definition) is 0. The van der Waals surface area contributed by atoms with Crippen molar-refractivity contribution < 1.29 is 21.1 Å². The number of nitrogens with zero attached hydrogens (tertiary/aromatic N) is 5. The molecule has 0 N–H and O–H groups in total. The molecule has 50 heavy (non-hydrogen) atoms. The Morgan fingerprint density at radius 1 is 0.640 bits per heavy atom. The summed E-state index contributed by atoms with van der Waals surface area (Å²) < 4.78 is 4.27. The van der Waals surface area contributed by atoms with E-state index in [1.54, 1.807) is 0 Å². The van der Waals surface area contributed by atoms with E-state index < -0.39 is 0 Å². The molecule has 1 aliphatic heterocycles. The minimum atomic E-state index is 0. The van der Waals surface area contributed by atoms with E-state index in [4.69, 9.17) is 5.10 Å². The molecule has 1 aliphatic rings. The quantitative estimate of drug-likeness (QED) is 0.162. The zero-order valence-electron chi connectivity index (χ0n) is 28.3. The molecule has 2 aromatic heterocycles. The first kappa shape index (κ1) is 31.9. The van der Waals surface area contributed by atoms with Crippen molar-refractivity contribution in [1.82, 2.24) is 14.3 Å². The molecular weight excluding hydrogens is 794 g/mol. The Hall–Kier alpha value is -5.38. The molecule has 0 atom stereocenters. The maximum absolute atomic E-state index is 5.29. The second-order valence-electron chi connectivity index (χ2n) is 12.9. The van der Waals surface area contributed by atoms with Crippen LogP contribution in [-0.2, 0) is 21.1 Å². The predicted octanol–water partition coefficient (Wildman–Crippen LogP) is 10.5. The van der Waals surface area contributed by atoms with Gasteiger partial charge in [0.25, 0.3) is 0 Å². The van der Waals surface area contributed by atoms with Crippen molar-refractivity contribution in [3.63, 3.8) is 0 Å². The Bertz CT molecular complexity index is 2520. The average Bonchev–Trinajstić information content (AvgIpc) is 3.80. The fraction of sp³-hybridized carbons (Fsp3) is 0.0909. The van der Waals surface area contributed by atoms with Crippen molar-refractivity contribution >= 4 is 38.9 Å². The van der Waals surface area contributed by atoms with Crippen molar-refractivity contribution in [2.24, 2.45) is 0 Å². The van der Waals surface area contributed by atoms with Gasteiger partial charge in [0.15, 0.2) is 0 Å². The van der Waals surface area contributed by atoms with Gasteiger partial charge in [0.1, 0.15) is 5.69 Å². The molecule has 0 fully saturated rings. The largest absolute Gasteiger partial charge is 0.504 e. The Morgan fingerprint density at radius 3 is 2.14 bits per heavy atom. The Labute approximate surface area is 307 Å². The summed E-state index contributed by atoms with van der Waals surface area (Å²) in [5, 5.41) is 7.60. The zero-order chi connectivity index (χ0) is 33.2. The first-order valence-electron chi connectivity index (χ1n) is 16.6. The van der Waals surface area contributed by atoms with Gasteiger partial charge >= 0.3 is 0 Å². The SMILES string of the molecule is Cc1cc(C)c(-c2nn(-c3[c-]c4c(cc3)c3ccccc3n4-c3[c-]c(N4[CH-]N(C)c5ccccc54)ccc3)cc2-c2ccccc2)c(C)c1.[Pt]. The normalized spacial score (nSPS) is 12.5. The van der Waals surface area contributed by atoms with E-state index in [2.05, 4.69) is 189 Å². The third-order valence-corrected chi connectivity index (χ3v) is 9.60. The van der Waals surface area contributed by atoms with Crippen LogP contribution in [0.5, 0.6) is 0 Å². The van der Waals surface area contributed by atoms with Gasteiger partial charge in [-0.15, -0.1) is 41.4 Å². The number of aromatic nitrogens is 3. The molecule has 9 rings (SSSR count). The molecule has 6 heteroatoms. The minimum absolute atomic E-state index is 0. The summed E-state index contributed by atoms with van der Waals surface area (Å²) in [5.74, 6) is 0. The zero-order valence-corrected chi connectivity index (χ0v) is 30.5. The topological polar surface area (TPSA) is 29.2 Å². The maximum Gasteiger partial charge on any atom is 0.101 e. The van der Waals surface area contributed by atoms with Crippen LogP contribution in [0.25, 0.3) is 55.6 Å². The molecule has 0 unspecified atom stereocenters. The molecule has 0 amide bonds. The van der Waals surface area contributed by atoms with Gasteiger partial charge in [-0.1, -0.05) is 89.6 Å². The van der Waals surface area contributed by atoms with Crippen LogP contribution in [0.4, 0.5) is 17.1 Å². The first-order chi connectivity index (χ1) is 23.9. The summed E-state index contributed by atoms with van der Waals surface area (Å²) in [6.45, 7) is 8.63. The summed E-state index contributed by atoms with van der Waals surface area (Å²) in [7, 11) is 2.08. The van der Waals surface area contributed by atoms with Crippen LogP contribution >= 0.6 is 0 Å². The van der Waals surface area contributed by atoms with Gasteiger partial charge < -0.3 is 14.4 Å². The van der Waals surface area contributed by atoms with Crippen molar-refractivity contribution in [2.45, 2.75) is 20.8 Å². The number of rotatable bonds is 5. The number of anilines is 3. The van der Waals surface area contributed by atoms with Crippen molar-refractivity contribution in [3.05, 3.63) is 163 Å². The molecule has 6 aromatic carbocycles. The number of para-hydroxylation sites is 3. The van der Waals surface area contributed by atoms with E-state index in [1.165, 1.54) is 33.3 Å². The first-order valence-corrected chi connectivity index (χ1v) is 16.6. The summed E-state index contributed by atoms with van der Waals surface area (Å²) in [4.78, 5) is 4.35. The van der Waals surface area contributed by atoms with E-state index in [1.807, 2.05) is 4.68 Å². The summed E-state index contributed by atoms with van der Waals surface area (Å²) in [6, 6.07) is 50.3. The second kappa shape index (κ2) is 12.5. The number of hydrogen-bond acceptors (Lipinski definition) is 3. The van der Waals surface area contributed by atoms with Crippen molar-refractivity contribution in [1.29, 1.82) is 0 Å². The van der Waals surface area contributed by atoms with Crippen LogP contribution in [0.2, 0.25) is 0 Å². The standard InChI is InChI=1S/C44H34N5.Pt/c1-29-23-30(2)43(31(3)24-29)44-38(32-13-6-5-7-14-32)27-48(45-44)34-21-22-37-36-17-8-9-18-39(36)49(42(37)26-34)35-16-12-15-33(25-35)47-28-46(4)40-19-10-11-20-41(40)47;/h5-24,27-28H,1-4H3;/q-3;. The smallest absolute Gasteiger partial charge is 0.101 e. The molecule has 0 saturated carbocycles. The Morgan fingerprint density at radius 2 is 1.34 bits per heavy atom. The molecule has 0 aliphatic carbocycles. The minimum Gasteiger partial charge on any atom is -0.504 e. The van der Waals surface area contributed by atoms with Gasteiger partial charge in [0.05, 0.1) is 0 Å². The van der Waals surface area contributed by atoms with Gasteiger partial charge in [0.2, 0.25) is 0 Å². The fourth-order valence-corrected chi connectivity index (χ4v) is 7.50. The predicted molar refractivity (Wildman–Crippen MR) is 202 cm³/mol. The monoisotopic (exact) mass is 827 g/mol. The van der Waals surface area contributed by atoms with E-state index >= 15 is 0 Å². The van der Waals surface area contributed by atoms with Gasteiger partial charge in [-0.2, -0.15) is 23.9 Å². The molecule has 0 radical (unpaired) electrons. The number of fused-ring (bicyclic) bond motifs is 4. The van der Waals surface area contributed by atoms with Crippen LogP contribution in [0.3, 0.4) is 0 Å². The van der Waals surface area contributed by atoms with Gasteiger partial charge in [-0.3, -0.25) is 4.68 Å². The molecule has 5 nitrogen and oxygen atoms in total. The maximum atomic E-state index is 5.29. The summed E-state index contributed by atoms with van der Waals surface area (Å²) in [6.07, 6.45) is 2.15. The van der Waals surface area contributed by atoms with Crippen molar-refractivity contribution in [2.75, 3.05) is 16.8 Å². The molecule has 0 saturated heterocycles. The van der Waals surface area contributed by atoms with Gasteiger partial charge in [-0.25, -0.2) is 0 Å². The van der Waals surface area contributed by atoms with Crippen LogP contribution in [0.15, 0.2) is 128 Å². The van der Waals surface area contributed by atoms with E-state index in [0.717, 1.165) is 56.0 Å². The average molecular weight is 828 g/mol. The Balaban J connectivity index is 0.00000361. The van der Waals surface area contributed by atoms with Crippen LogP contribution < -0.4 is 9.80 Å². The molecular formula is C44H34N5Pt-3. The summed E-state index contributed by atoms with van der Waals surface area (Å²) >= 11 is 0. The van der Waals surface area contributed by atoms with Gasteiger partial charge in [0, 0.05) is 55.3 Å². The molecule has 0 bridgehead atoms. The third kappa shape index (κ3) is 5.16. The van der Waals surface area contributed by atoms with E-state index in [9.17, 15) is 0 Å². The third-order valence-electron chi connectivity index (χ3n) is 9.60. The van der Waals surface area contributed by atoms with E-state index in [-0.39, 0.29) is 21.1 Å². The van der Waals surface area contributed by atoms with Crippen LogP contribution in [-0.4, -0.2) is 21.4 Å². The molecule has 0 spiro atoms. The van der Waals surface area contributed by atoms with Gasteiger partial charge in [-0.05, 0) is 73.8 Å². The molecule has 8 aromatic rings. The molecule has 3 heterocycles. The Kier molecular flexibility index (Phi) is 7.96. The van der Waals surface area contributed by atoms with Crippen LogP contribution in [0.1, 0.15) is 16.7 Å². The summed E-state index contributed by atoms with van der Waals surface area (Å²) in [5.41, 5.74) is 15.3. The van der Waals surface area contributed by atoms with E-state index in [0.29, 0.717) is 0 Å². The second-order valence-corrected chi connectivity index (χ2v) is 12.9. The fourth-order valence-electron chi connectivity index (χ4n) is 7.50. The number of benzene rings is 6. The van der Waals surface area contributed by atoms with Crippen molar-refractivity contribution in [3.8, 4) is 33.8 Å². The number of aryl methyl sites for hydroxylation is 3. The molecule has 248 valence electrons.